The Bertz CT molecular complexity index is 320. The second-order valence-corrected chi connectivity index (χ2v) is 5.34. The summed E-state index contributed by atoms with van der Waals surface area (Å²) in [4.78, 5) is 24.2. The molecule has 6 heteroatoms. The molecule has 0 spiro atoms. The van der Waals surface area contributed by atoms with Crippen LogP contribution in [0.4, 0.5) is 4.79 Å². The Morgan fingerprint density at radius 1 is 1.32 bits per heavy atom. The fraction of sp³-hybridized carbons (Fsp3) is 0.846. The number of aliphatic hydroxyl groups is 1. The summed E-state index contributed by atoms with van der Waals surface area (Å²) >= 11 is 0. The Balaban J connectivity index is 2.53. The third kappa shape index (κ3) is 5.06. The van der Waals surface area contributed by atoms with Crippen LogP contribution in [-0.4, -0.2) is 51.8 Å². The molecule has 110 valence electrons. The van der Waals surface area contributed by atoms with E-state index < -0.39 is 12.1 Å². The molecule has 0 aromatic carbocycles. The van der Waals surface area contributed by atoms with Crippen LogP contribution in [0.5, 0.6) is 0 Å². The first-order valence-corrected chi connectivity index (χ1v) is 6.88. The van der Waals surface area contributed by atoms with Gasteiger partial charge in [0.05, 0.1) is 18.6 Å². The van der Waals surface area contributed by atoms with Crippen molar-refractivity contribution in [2.75, 3.05) is 6.54 Å². The van der Waals surface area contributed by atoms with Crippen molar-refractivity contribution in [3.63, 3.8) is 0 Å². The SMILES string of the molecule is CC(C)N(CCC(=O)O)C(=O)NC1CCCCC1O. The third-order valence-electron chi connectivity index (χ3n) is 3.49. The molecule has 6 nitrogen and oxygen atoms in total. The van der Waals surface area contributed by atoms with Crippen LogP contribution in [0.25, 0.3) is 0 Å². The standard InChI is InChI=1S/C13H24N2O4/c1-9(2)15(8-7-12(17)18)13(19)14-10-5-3-4-6-11(10)16/h9-11,16H,3-8H2,1-2H3,(H,14,19)(H,17,18). The maximum atomic E-state index is 12.1. The molecule has 0 aromatic rings. The second-order valence-electron chi connectivity index (χ2n) is 5.34. The van der Waals surface area contributed by atoms with E-state index in [-0.39, 0.29) is 31.1 Å². The molecule has 1 saturated carbocycles. The molecule has 3 N–H and O–H groups in total. The monoisotopic (exact) mass is 272 g/mol. The van der Waals surface area contributed by atoms with Gasteiger partial charge in [0.15, 0.2) is 0 Å². The number of carboxylic acids is 1. The van der Waals surface area contributed by atoms with Crippen molar-refractivity contribution >= 4 is 12.0 Å². The highest BCUT2D eigenvalue weighted by atomic mass is 16.4. The summed E-state index contributed by atoms with van der Waals surface area (Å²) in [6.45, 7) is 3.87. The minimum atomic E-state index is -0.920. The van der Waals surface area contributed by atoms with Gasteiger partial charge in [0.25, 0.3) is 0 Å². The molecule has 19 heavy (non-hydrogen) atoms. The predicted octanol–water partition coefficient (Wildman–Crippen LogP) is 1.18. The number of carbonyl (C=O) groups excluding carboxylic acids is 1. The van der Waals surface area contributed by atoms with Crippen LogP contribution in [0.3, 0.4) is 0 Å². The maximum absolute atomic E-state index is 12.1. The van der Waals surface area contributed by atoms with Crippen molar-refractivity contribution < 1.29 is 19.8 Å². The summed E-state index contributed by atoms with van der Waals surface area (Å²) in [7, 11) is 0. The number of aliphatic hydroxyl groups excluding tert-OH is 1. The fourth-order valence-electron chi connectivity index (χ4n) is 2.33. The van der Waals surface area contributed by atoms with Crippen LogP contribution < -0.4 is 5.32 Å². The molecule has 0 heterocycles. The van der Waals surface area contributed by atoms with Crippen molar-refractivity contribution in [1.82, 2.24) is 10.2 Å². The minimum absolute atomic E-state index is 0.0694. The van der Waals surface area contributed by atoms with Crippen molar-refractivity contribution in [3.8, 4) is 0 Å². The number of carbonyl (C=O) groups is 2. The molecule has 0 bridgehead atoms. The third-order valence-corrected chi connectivity index (χ3v) is 3.49. The number of aliphatic carboxylic acids is 1. The highest BCUT2D eigenvalue weighted by molar-refractivity contribution is 5.76. The van der Waals surface area contributed by atoms with Crippen LogP contribution in [0.15, 0.2) is 0 Å². The summed E-state index contributed by atoms with van der Waals surface area (Å²) in [5, 5.41) is 21.3. The van der Waals surface area contributed by atoms with E-state index in [1.54, 1.807) is 0 Å². The zero-order valence-corrected chi connectivity index (χ0v) is 11.6. The number of amides is 2. The Labute approximate surface area is 113 Å². The zero-order valence-electron chi connectivity index (χ0n) is 11.6. The van der Waals surface area contributed by atoms with Gasteiger partial charge in [0.1, 0.15) is 0 Å². The molecule has 1 aliphatic carbocycles. The summed E-state index contributed by atoms with van der Waals surface area (Å²) < 4.78 is 0. The number of urea groups is 1. The average Bonchev–Trinajstić information content (AvgIpc) is 2.31. The Morgan fingerprint density at radius 3 is 2.47 bits per heavy atom. The van der Waals surface area contributed by atoms with Gasteiger partial charge in [-0.3, -0.25) is 4.79 Å². The van der Waals surface area contributed by atoms with E-state index in [1.807, 2.05) is 13.8 Å². The topological polar surface area (TPSA) is 89.9 Å². The summed E-state index contributed by atoms with van der Waals surface area (Å²) in [6, 6.07) is -0.574. The maximum Gasteiger partial charge on any atom is 0.317 e. The largest absolute Gasteiger partial charge is 0.481 e. The van der Waals surface area contributed by atoms with E-state index in [1.165, 1.54) is 4.90 Å². The van der Waals surface area contributed by atoms with Gasteiger partial charge in [-0.1, -0.05) is 12.8 Å². The van der Waals surface area contributed by atoms with Gasteiger partial charge in [-0.15, -0.1) is 0 Å². The highest BCUT2D eigenvalue weighted by Crippen LogP contribution is 2.18. The molecule has 0 radical (unpaired) electrons. The van der Waals surface area contributed by atoms with Crippen molar-refractivity contribution in [2.24, 2.45) is 0 Å². The number of carboxylic acid groups (broad SMARTS) is 1. The molecular weight excluding hydrogens is 248 g/mol. The second kappa shape index (κ2) is 7.33. The quantitative estimate of drug-likeness (QED) is 0.701. The Hall–Kier alpha value is -1.30. The molecule has 2 atom stereocenters. The Kier molecular flexibility index (Phi) is 6.08. The number of nitrogens with zero attached hydrogens (tertiary/aromatic N) is 1. The molecule has 1 aliphatic rings. The predicted molar refractivity (Wildman–Crippen MR) is 70.9 cm³/mol. The number of nitrogens with one attached hydrogen (secondary N) is 1. The van der Waals surface area contributed by atoms with Crippen molar-refractivity contribution in [2.45, 2.75) is 64.1 Å². The van der Waals surface area contributed by atoms with Gasteiger partial charge in [-0.25, -0.2) is 4.79 Å². The zero-order chi connectivity index (χ0) is 14.4. The van der Waals surface area contributed by atoms with Crippen LogP contribution in [-0.2, 0) is 4.79 Å². The van der Waals surface area contributed by atoms with Gasteiger partial charge < -0.3 is 20.4 Å². The smallest absolute Gasteiger partial charge is 0.317 e. The summed E-state index contributed by atoms with van der Waals surface area (Å²) in [6.07, 6.45) is 2.91. The van der Waals surface area contributed by atoms with Gasteiger partial charge in [0.2, 0.25) is 0 Å². The van der Waals surface area contributed by atoms with E-state index in [2.05, 4.69) is 5.32 Å². The lowest BCUT2D eigenvalue weighted by Crippen LogP contribution is -2.52. The van der Waals surface area contributed by atoms with Gasteiger partial charge in [-0.2, -0.15) is 0 Å². The highest BCUT2D eigenvalue weighted by Gasteiger charge is 2.27. The molecule has 2 amide bonds. The van der Waals surface area contributed by atoms with Crippen LogP contribution in [0.1, 0.15) is 46.0 Å². The molecule has 1 fully saturated rings. The van der Waals surface area contributed by atoms with Crippen LogP contribution >= 0.6 is 0 Å². The van der Waals surface area contributed by atoms with Crippen LogP contribution in [0, 0.1) is 0 Å². The molecule has 2 unspecified atom stereocenters. The van der Waals surface area contributed by atoms with E-state index in [9.17, 15) is 14.7 Å². The average molecular weight is 272 g/mol. The first-order valence-electron chi connectivity index (χ1n) is 6.88. The van der Waals surface area contributed by atoms with Gasteiger partial charge in [-0.05, 0) is 26.7 Å². The lowest BCUT2D eigenvalue weighted by Gasteiger charge is -2.33. The summed E-state index contributed by atoms with van der Waals surface area (Å²) in [5.74, 6) is -0.920. The molecule has 1 rings (SSSR count). The molecule has 0 aromatic heterocycles. The lowest BCUT2D eigenvalue weighted by atomic mass is 9.93. The van der Waals surface area contributed by atoms with Gasteiger partial charge >= 0.3 is 12.0 Å². The van der Waals surface area contributed by atoms with Gasteiger partial charge in [0, 0.05) is 12.6 Å². The number of rotatable bonds is 5. The van der Waals surface area contributed by atoms with E-state index in [0.29, 0.717) is 6.42 Å². The number of hydrogen-bond acceptors (Lipinski definition) is 3. The van der Waals surface area contributed by atoms with Crippen molar-refractivity contribution in [1.29, 1.82) is 0 Å². The Morgan fingerprint density at radius 2 is 1.95 bits per heavy atom. The van der Waals surface area contributed by atoms with E-state index >= 15 is 0 Å². The first-order chi connectivity index (χ1) is 8.91. The van der Waals surface area contributed by atoms with Crippen molar-refractivity contribution in [3.05, 3.63) is 0 Å². The first kappa shape index (κ1) is 15.8. The molecule has 0 aliphatic heterocycles. The van der Waals surface area contributed by atoms with E-state index in [0.717, 1.165) is 19.3 Å². The van der Waals surface area contributed by atoms with E-state index in [4.69, 9.17) is 5.11 Å². The van der Waals surface area contributed by atoms with Crippen LogP contribution in [0.2, 0.25) is 0 Å². The lowest BCUT2D eigenvalue weighted by molar-refractivity contribution is -0.137. The molecule has 0 saturated heterocycles. The minimum Gasteiger partial charge on any atom is -0.481 e. The number of hydrogen-bond donors (Lipinski definition) is 3. The fourth-order valence-corrected chi connectivity index (χ4v) is 2.33. The molecular formula is C13H24N2O4. The summed E-state index contributed by atoms with van der Waals surface area (Å²) in [5.41, 5.74) is 0. The normalized spacial score (nSPS) is 23.2.